The smallest absolute Gasteiger partial charge is 0.0579 e. The highest BCUT2D eigenvalue weighted by Gasteiger charge is 2.12. The highest BCUT2D eigenvalue weighted by Crippen LogP contribution is 2.17. The lowest BCUT2D eigenvalue weighted by atomic mass is 10.0. The van der Waals surface area contributed by atoms with Gasteiger partial charge in [-0.3, -0.25) is 4.68 Å². The van der Waals surface area contributed by atoms with E-state index >= 15 is 0 Å². The summed E-state index contributed by atoms with van der Waals surface area (Å²) in [6, 6.07) is 0. The van der Waals surface area contributed by atoms with Crippen molar-refractivity contribution in [2.24, 2.45) is 7.05 Å². The minimum atomic E-state index is -0.306. The maximum atomic E-state index is 9.25. The summed E-state index contributed by atoms with van der Waals surface area (Å²) in [5.74, 6) is 0.170. The molecule has 3 heteroatoms. The van der Waals surface area contributed by atoms with Gasteiger partial charge in [0.05, 0.1) is 12.3 Å². The van der Waals surface area contributed by atoms with Crippen LogP contribution in [0.3, 0.4) is 0 Å². The molecule has 1 aromatic heterocycles. The molecule has 0 saturated heterocycles. The van der Waals surface area contributed by atoms with Crippen LogP contribution in [0.15, 0.2) is 12.4 Å². The molecule has 1 aromatic rings. The summed E-state index contributed by atoms with van der Waals surface area (Å²) in [6.07, 6.45) is 3.41. The summed E-state index contributed by atoms with van der Waals surface area (Å²) < 4.78 is 1.74. The molecule has 11 heavy (non-hydrogen) atoms. The fraction of sp³-hybridized carbons (Fsp3) is 0.625. The molecule has 0 spiro atoms. The average molecular weight is 154 g/mol. The van der Waals surface area contributed by atoms with Crippen LogP contribution in [-0.2, 0) is 7.05 Å². The number of aryl methyl sites for hydroxylation is 1. The fourth-order valence-corrected chi connectivity index (χ4v) is 0.954. The lowest BCUT2D eigenvalue weighted by Gasteiger charge is -2.11. The van der Waals surface area contributed by atoms with Crippen LogP contribution in [0, 0.1) is 0 Å². The van der Waals surface area contributed by atoms with E-state index in [4.69, 9.17) is 0 Å². The normalized spacial score (nSPS) is 16.4. The zero-order valence-electron chi connectivity index (χ0n) is 7.15. The lowest BCUT2D eigenvalue weighted by molar-refractivity contribution is 0.169. The highest BCUT2D eigenvalue weighted by atomic mass is 16.3. The van der Waals surface area contributed by atoms with Crippen molar-refractivity contribution in [1.29, 1.82) is 0 Å². The Labute approximate surface area is 66.7 Å². The topological polar surface area (TPSA) is 38.1 Å². The molecule has 0 radical (unpaired) electrons. The Hall–Kier alpha value is -0.830. The first-order valence-corrected chi connectivity index (χ1v) is 3.78. The van der Waals surface area contributed by atoms with E-state index in [0.717, 1.165) is 5.56 Å². The zero-order valence-corrected chi connectivity index (χ0v) is 7.15. The molecule has 0 fully saturated rings. The molecule has 0 aromatic carbocycles. The molecule has 62 valence electrons. The minimum absolute atomic E-state index is 0.170. The first kappa shape index (κ1) is 8.27. The third-order valence-electron chi connectivity index (χ3n) is 1.97. The van der Waals surface area contributed by atoms with Gasteiger partial charge in [-0.05, 0) is 12.5 Å². The number of aliphatic hydroxyl groups excluding tert-OH is 1. The van der Waals surface area contributed by atoms with Crippen molar-refractivity contribution < 1.29 is 5.11 Å². The summed E-state index contributed by atoms with van der Waals surface area (Å²) in [4.78, 5) is 0. The average Bonchev–Trinajstić information content (AvgIpc) is 2.34. The fourth-order valence-electron chi connectivity index (χ4n) is 0.954. The third-order valence-corrected chi connectivity index (χ3v) is 1.97. The molecule has 0 bridgehead atoms. The Balaban J connectivity index is 2.76. The van der Waals surface area contributed by atoms with E-state index in [-0.39, 0.29) is 12.0 Å². The molecule has 0 aliphatic carbocycles. The predicted octanol–water partition coefficient (Wildman–Crippen LogP) is 0.904. The van der Waals surface area contributed by atoms with Crippen molar-refractivity contribution in [2.75, 3.05) is 0 Å². The van der Waals surface area contributed by atoms with Gasteiger partial charge in [-0.25, -0.2) is 0 Å². The molecule has 1 rings (SSSR count). The van der Waals surface area contributed by atoms with Crippen LogP contribution in [0.5, 0.6) is 0 Å². The largest absolute Gasteiger partial charge is 0.393 e. The molecule has 0 amide bonds. The number of nitrogens with zero attached hydrogens (tertiary/aromatic N) is 2. The maximum absolute atomic E-state index is 9.25. The van der Waals surface area contributed by atoms with E-state index < -0.39 is 0 Å². The van der Waals surface area contributed by atoms with Gasteiger partial charge >= 0.3 is 0 Å². The molecule has 1 N–H and O–H groups in total. The molecule has 0 saturated carbocycles. The third kappa shape index (κ3) is 1.80. The Morgan fingerprint density at radius 3 is 2.55 bits per heavy atom. The van der Waals surface area contributed by atoms with Gasteiger partial charge in [0.25, 0.3) is 0 Å². The second-order valence-corrected chi connectivity index (χ2v) is 2.98. The lowest BCUT2D eigenvalue weighted by Crippen LogP contribution is -2.09. The van der Waals surface area contributed by atoms with Crippen LogP contribution < -0.4 is 0 Å². The summed E-state index contributed by atoms with van der Waals surface area (Å²) in [5.41, 5.74) is 1.09. The Bertz CT molecular complexity index is 230. The Kier molecular flexibility index (Phi) is 2.29. The molecule has 2 unspecified atom stereocenters. The van der Waals surface area contributed by atoms with Crippen LogP contribution >= 0.6 is 0 Å². The van der Waals surface area contributed by atoms with E-state index in [9.17, 15) is 5.11 Å². The molecule has 0 aliphatic rings. The van der Waals surface area contributed by atoms with Gasteiger partial charge in [-0.1, -0.05) is 6.92 Å². The molecular formula is C8H14N2O. The Morgan fingerprint density at radius 2 is 2.18 bits per heavy atom. The van der Waals surface area contributed by atoms with E-state index in [1.807, 2.05) is 20.2 Å². The second kappa shape index (κ2) is 3.05. The van der Waals surface area contributed by atoms with E-state index in [1.165, 1.54) is 0 Å². The van der Waals surface area contributed by atoms with Gasteiger partial charge in [-0.15, -0.1) is 0 Å². The number of hydrogen-bond acceptors (Lipinski definition) is 2. The van der Waals surface area contributed by atoms with Crippen molar-refractivity contribution in [3.05, 3.63) is 18.0 Å². The van der Waals surface area contributed by atoms with Crippen LogP contribution in [0.25, 0.3) is 0 Å². The highest BCUT2D eigenvalue weighted by molar-refractivity contribution is 5.11. The molecule has 1 heterocycles. The molecule has 0 aliphatic heterocycles. The number of rotatable bonds is 2. The van der Waals surface area contributed by atoms with Gasteiger partial charge in [-0.2, -0.15) is 5.10 Å². The van der Waals surface area contributed by atoms with Crippen molar-refractivity contribution in [3.63, 3.8) is 0 Å². The van der Waals surface area contributed by atoms with Crippen LogP contribution in [0.1, 0.15) is 25.3 Å². The monoisotopic (exact) mass is 154 g/mol. The SMILES string of the molecule is CC(O)C(C)c1cnn(C)c1. The molecular weight excluding hydrogens is 140 g/mol. The van der Waals surface area contributed by atoms with Gasteiger partial charge in [0.2, 0.25) is 0 Å². The first-order valence-electron chi connectivity index (χ1n) is 3.78. The summed E-state index contributed by atoms with van der Waals surface area (Å²) in [5, 5.41) is 13.3. The standard InChI is InChI=1S/C8H14N2O/c1-6(7(2)11)8-4-9-10(3)5-8/h4-7,11H,1-3H3. The van der Waals surface area contributed by atoms with E-state index in [0.29, 0.717) is 0 Å². The van der Waals surface area contributed by atoms with E-state index in [1.54, 1.807) is 17.8 Å². The summed E-state index contributed by atoms with van der Waals surface area (Å²) in [7, 11) is 1.87. The van der Waals surface area contributed by atoms with Gasteiger partial charge < -0.3 is 5.11 Å². The predicted molar refractivity (Wildman–Crippen MR) is 43.3 cm³/mol. The number of aromatic nitrogens is 2. The molecule has 2 atom stereocenters. The van der Waals surface area contributed by atoms with Gasteiger partial charge in [0.15, 0.2) is 0 Å². The van der Waals surface area contributed by atoms with E-state index in [2.05, 4.69) is 5.10 Å². The zero-order chi connectivity index (χ0) is 8.43. The van der Waals surface area contributed by atoms with Crippen molar-refractivity contribution in [1.82, 2.24) is 9.78 Å². The van der Waals surface area contributed by atoms with Crippen LogP contribution in [-0.4, -0.2) is 21.0 Å². The van der Waals surface area contributed by atoms with Crippen molar-refractivity contribution >= 4 is 0 Å². The Morgan fingerprint density at radius 1 is 1.55 bits per heavy atom. The number of hydrogen-bond donors (Lipinski definition) is 1. The van der Waals surface area contributed by atoms with Crippen LogP contribution in [0.4, 0.5) is 0 Å². The second-order valence-electron chi connectivity index (χ2n) is 2.98. The minimum Gasteiger partial charge on any atom is -0.393 e. The van der Waals surface area contributed by atoms with Crippen molar-refractivity contribution in [2.45, 2.75) is 25.9 Å². The van der Waals surface area contributed by atoms with Crippen LogP contribution in [0.2, 0.25) is 0 Å². The number of aliphatic hydroxyl groups is 1. The first-order chi connectivity index (χ1) is 5.11. The van der Waals surface area contributed by atoms with Crippen molar-refractivity contribution in [3.8, 4) is 0 Å². The maximum Gasteiger partial charge on any atom is 0.0579 e. The van der Waals surface area contributed by atoms with Gasteiger partial charge in [0, 0.05) is 19.2 Å². The van der Waals surface area contributed by atoms with Gasteiger partial charge in [0.1, 0.15) is 0 Å². The summed E-state index contributed by atoms with van der Waals surface area (Å²) in [6.45, 7) is 3.78. The summed E-state index contributed by atoms with van der Waals surface area (Å²) >= 11 is 0. The molecule has 3 nitrogen and oxygen atoms in total. The quantitative estimate of drug-likeness (QED) is 0.687.